The van der Waals surface area contributed by atoms with Crippen LogP contribution in [0.4, 0.5) is 0 Å². The number of nitrogens with zero attached hydrogens (tertiary/aromatic N) is 1. The first kappa shape index (κ1) is 15.4. The maximum absolute atomic E-state index is 12.5. The molecule has 6 heteroatoms. The Labute approximate surface area is 127 Å². The van der Waals surface area contributed by atoms with E-state index in [4.69, 9.17) is 16.0 Å². The van der Waals surface area contributed by atoms with Crippen LogP contribution in [0.15, 0.2) is 28.7 Å². The summed E-state index contributed by atoms with van der Waals surface area (Å²) in [5, 5.41) is 1.31. The Morgan fingerprint density at radius 3 is 2.67 bits per heavy atom. The third-order valence-electron chi connectivity index (χ3n) is 3.10. The van der Waals surface area contributed by atoms with E-state index in [0.717, 1.165) is 5.39 Å². The molecule has 0 aliphatic heterocycles. The van der Waals surface area contributed by atoms with Gasteiger partial charge in [-0.1, -0.05) is 11.6 Å². The standard InChI is InChI=1S/C15H16ClNO4/c1-9(2)17(8-14(18)20-3)15(19)13-7-10-6-11(16)4-5-12(10)21-13/h4-7,9H,8H2,1-3H3. The number of halogens is 1. The molecule has 0 bridgehead atoms. The Morgan fingerprint density at radius 1 is 1.33 bits per heavy atom. The number of furan rings is 1. The summed E-state index contributed by atoms with van der Waals surface area (Å²) in [6, 6.07) is 6.58. The number of hydrogen-bond acceptors (Lipinski definition) is 4. The molecule has 1 amide bonds. The van der Waals surface area contributed by atoms with Gasteiger partial charge in [0.15, 0.2) is 5.76 Å². The summed E-state index contributed by atoms with van der Waals surface area (Å²) in [6.07, 6.45) is 0. The second-order valence-electron chi connectivity index (χ2n) is 4.90. The van der Waals surface area contributed by atoms with Crippen molar-refractivity contribution in [3.63, 3.8) is 0 Å². The fourth-order valence-corrected chi connectivity index (χ4v) is 2.13. The van der Waals surface area contributed by atoms with E-state index in [-0.39, 0.29) is 24.3 Å². The molecule has 2 rings (SSSR count). The van der Waals surface area contributed by atoms with Gasteiger partial charge in [0, 0.05) is 16.5 Å². The van der Waals surface area contributed by atoms with E-state index in [2.05, 4.69) is 4.74 Å². The highest BCUT2D eigenvalue weighted by Crippen LogP contribution is 2.24. The van der Waals surface area contributed by atoms with Crippen LogP contribution in [0, 0.1) is 0 Å². The number of benzene rings is 1. The number of ether oxygens (including phenoxy) is 1. The van der Waals surface area contributed by atoms with Gasteiger partial charge in [-0.2, -0.15) is 0 Å². The Hall–Kier alpha value is -2.01. The average molecular weight is 310 g/mol. The molecular formula is C15H16ClNO4. The van der Waals surface area contributed by atoms with Crippen LogP contribution >= 0.6 is 11.6 Å². The van der Waals surface area contributed by atoms with Crippen molar-refractivity contribution >= 4 is 34.4 Å². The van der Waals surface area contributed by atoms with Crippen molar-refractivity contribution in [2.24, 2.45) is 0 Å². The van der Waals surface area contributed by atoms with Crippen molar-refractivity contribution in [1.29, 1.82) is 0 Å². The zero-order chi connectivity index (χ0) is 15.6. The zero-order valence-corrected chi connectivity index (χ0v) is 12.8. The first-order valence-electron chi connectivity index (χ1n) is 6.49. The molecular weight excluding hydrogens is 294 g/mol. The lowest BCUT2D eigenvalue weighted by Gasteiger charge is -2.24. The highest BCUT2D eigenvalue weighted by molar-refractivity contribution is 6.31. The molecule has 1 aromatic carbocycles. The van der Waals surface area contributed by atoms with Gasteiger partial charge in [-0.3, -0.25) is 9.59 Å². The zero-order valence-electron chi connectivity index (χ0n) is 12.1. The van der Waals surface area contributed by atoms with Gasteiger partial charge in [0.2, 0.25) is 0 Å². The van der Waals surface area contributed by atoms with Crippen LogP contribution in [-0.2, 0) is 9.53 Å². The Balaban J connectivity index is 2.31. The highest BCUT2D eigenvalue weighted by Gasteiger charge is 2.24. The maximum atomic E-state index is 12.5. The van der Waals surface area contributed by atoms with Crippen LogP contribution in [0.1, 0.15) is 24.4 Å². The van der Waals surface area contributed by atoms with E-state index in [1.165, 1.54) is 12.0 Å². The molecule has 1 aromatic heterocycles. The molecule has 2 aromatic rings. The van der Waals surface area contributed by atoms with Gasteiger partial charge in [0.1, 0.15) is 12.1 Å². The van der Waals surface area contributed by atoms with E-state index >= 15 is 0 Å². The molecule has 0 radical (unpaired) electrons. The monoisotopic (exact) mass is 309 g/mol. The average Bonchev–Trinajstić information content (AvgIpc) is 2.86. The van der Waals surface area contributed by atoms with Crippen molar-refractivity contribution in [1.82, 2.24) is 4.90 Å². The molecule has 21 heavy (non-hydrogen) atoms. The summed E-state index contributed by atoms with van der Waals surface area (Å²) in [6.45, 7) is 3.52. The van der Waals surface area contributed by atoms with Crippen LogP contribution < -0.4 is 0 Å². The highest BCUT2D eigenvalue weighted by atomic mass is 35.5. The molecule has 0 fully saturated rings. The first-order valence-corrected chi connectivity index (χ1v) is 6.87. The Bertz CT molecular complexity index is 677. The van der Waals surface area contributed by atoms with Gasteiger partial charge in [-0.05, 0) is 38.1 Å². The number of fused-ring (bicyclic) bond motifs is 1. The third-order valence-corrected chi connectivity index (χ3v) is 3.34. The number of carbonyl (C=O) groups is 2. The predicted molar refractivity (Wildman–Crippen MR) is 79.4 cm³/mol. The second kappa shape index (κ2) is 6.18. The van der Waals surface area contributed by atoms with Gasteiger partial charge in [-0.25, -0.2) is 0 Å². The van der Waals surface area contributed by atoms with Crippen LogP contribution in [0.3, 0.4) is 0 Å². The molecule has 0 unspecified atom stereocenters. The smallest absolute Gasteiger partial charge is 0.325 e. The number of esters is 1. The molecule has 0 N–H and O–H groups in total. The molecule has 5 nitrogen and oxygen atoms in total. The largest absolute Gasteiger partial charge is 0.468 e. The lowest BCUT2D eigenvalue weighted by atomic mass is 10.2. The summed E-state index contributed by atoms with van der Waals surface area (Å²) in [5.41, 5.74) is 0.574. The molecule has 1 heterocycles. The fourth-order valence-electron chi connectivity index (χ4n) is 1.95. The van der Waals surface area contributed by atoms with Gasteiger partial charge >= 0.3 is 5.97 Å². The minimum absolute atomic E-state index is 0.120. The summed E-state index contributed by atoms with van der Waals surface area (Å²) in [4.78, 5) is 25.3. The van der Waals surface area contributed by atoms with E-state index in [1.54, 1.807) is 24.3 Å². The number of methoxy groups -OCH3 is 1. The van der Waals surface area contributed by atoms with Gasteiger partial charge in [0.05, 0.1) is 7.11 Å². The molecule has 0 spiro atoms. The van der Waals surface area contributed by atoms with E-state index in [9.17, 15) is 9.59 Å². The van der Waals surface area contributed by atoms with Crippen LogP contribution in [0.5, 0.6) is 0 Å². The topological polar surface area (TPSA) is 59.8 Å². The summed E-state index contributed by atoms with van der Waals surface area (Å²) in [7, 11) is 1.29. The van der Waals surface area contributed by atoms with Crippen molar-refractivity contribution in [3.05, 3.63) is 35.0 Å². The van der Waals surface area contributed by atoms with Crippen LogP contribution in [-0.4, -0.2) is 36.5 Å². The summed E-state index contributed by atoms with van der Waals surface area (Å²) in [5.74, 6) is -0.663. The molecule has 0 aliphatic rings. The minimum Gasteiger partial charge on any atom is -0.468 e. The summed E-state index contributed by atoms with van der Waals surface area (Å²) >= 11 is 5.91. The lowest BCUT2D eigenvalue weighted by molar-refractivity contribution is -0.141. The fraction of sp³-hybridized carbons (Fsp3) is 0.333. The molecule has 0 saturated heterocycles. The van der Waals surface area contributed by atoms with Gasteiger partial charge in [0.25, 0.3) is 5.91 Å². The summed E-state index contributed by atoms with van der Waals surface area (Å²) < 4.78 is 10.1. The van der Waals surface area contributed by atoms with Crippen molar-refractivity contribution in [3.8, 4) is 0 Å². The van der Waals surface area contributed by atoms with Crippen molar-refractivity contribution < 1.29 is 18.7 Å². The molecule has 112 valence electrons. The normalized spacial score (nSPS) is 10.9. The van der Waals surface area contributed by atoms with Crippen molar-refractivity contribution in [2.75, 3.05) is 13.7 Å². The van der Waals surface area contributed by atoms with Gasteiger partial charge < -0.3 is 14.1 Å². The first-order chi connectivity index (χ1) is 9.92. The number of carbonyl (C=O) groups excluding carboxylic acids is 2. The number of hydrogen-bond donors (Lipinski definition) is 0. The predicted octanol–water partition coefficient (Wildman–Crippen LogP) is 3.11. The number of amides is 1. The van der Waals surface area contributed by atoms with Crippen LogP contribution in [0.25, 0.3) is 11.0 Å². The quantitative estimate of drug-likeness (QED) is 0.814. The van der Waals surface area contributed by atoms with E-state index in [0.29, 0.717) is 10.6 Å². The van der Waals surface area contributed by atoms with Gasteiger partial charge in [-0.15, -0.1) is 0 Å². The lowest BCUT2D eigenvalue weighted by Crippen LogP contribution is -2.40. The molecule has 0 saturated carbocycles. The maximum Gasteiger partial charge on any atom is 0.325 e. The third kappa shape index (κ3) is 3.36. The van der Waals surface area contributed by atoms with Crippen molar-refractivity contribution in [2.45, 2.75) is 19.9 Å². The Morgan fingerprint density at radius 2 is 2.05 bits per heavy atom. The molecule has 0 atom stereocenters. The molecule has 0 aliphatic carbocycles. The minimum atomic E-state index is -0.476. The second-order valence-corrected chi connectivity index (χ2v) is 5.33. The number of rotatable bonds is 4. The SMILES string of the molecule is COC(=O)CN(C(=O)c1cc2cc(Cl)ccc2o1)C(C)C. The van der Waals surface area contributed by atoms with E-state index < -0.39 is 5.97 Å². The Kier molecular flexibility index (Phi) is 4.53. The van der Waals surface area contributed by atoms with E-state index in [1.807, 2.05) is 13.8 Å². The van der Waals surface area contributed by atoms with Crippen LogP contribution in [0.2, 0.25) is 5.02 Å².